The van der Waals surface area contributed by atoms with Gasteiger partial charge < -0.3 is 15.3 Å². The molecule has 0 saturated carbocycles. The van der Waals surface area contributed by atoms with Gasteiger partial charge in [-0.15, -0.1) is 24.8 Å². The Balaban J connectivity index is 0.00000140. The highest BCUT2D eigenvalue weighted by molar-refractivity contribution is 5.85. The number of hydrogen-bond donors (Lipinski definition) is 0. The lowest BCUT2D eigenvalue weighted by molar-refractivity contribution is 0.495. The van der Waals surface area contributed by atoms with Crippen molar-refractivity contribution < 1.29 is 5.48 Å². The van der Waals surface area contributed by atoms with Crippen molar-refractivity contribution in [3.05, 3.63) is 132 Å². The predicted octanol–water partition coefficient (Wildman–Crippen LogP) is 5.39. The Morgan fingerprint density at radius 3 is 1.10 bits per heavy atom. The molecule has 2 N–H and O–H groups in total. The summed E-state index contributed by atoms with van der Waals surface area (Å²) in [7, 11) is 0. The predicted molar refractivity (Wildman–Crippen MR) is 126 cm³/mol. The maximum atomic E-state index is 2.21. The molecule has 0 aliphatic carbocycles. The van der Waals surface area contributed by atoms with Gasteiger partial charge in [0.2, 0.25) is 0 Å². The van der Waals surface area contributed by atoms with Gasteiger partial charge in [-0.1, -0.05) is 60.7 Å². The van der Waals surface area contributed by atoms with Gasteiger partial charge in [0, 0.05) is 37.9 Å². The summed E-state index contributed by atoms with van der Waals surface area (Å²) in [5.74, 6) is 0. The number of allylic oxidation sites excluding steroid dienone is 6. The summed E-state index contributed by atoms with van der Waals surface area (Å²) in [5, 5.41) is 0. The van der Waals surface area contributed by atoms with Crippen LogP contribution in [0.15, 0.2) is 121 Å². The minimum Gasteiger partial charge on any atom is -0.412 e. The van der Waals surface area contributed by atoms with E-state index >= 15 is 0 Å². The van der Waals surface area contributed by atoms with E-state index in [2.05, 4.69) is 120 Å². The molecule has 2 aromatic carbocycles. The minimum absolute atomic E-state index is 0. The molecule has 0 spiro atoms. The highest BCUT2D eigenvalue weighted by Gasteiger charge is 2.07. The molecule has 4 rings (SSSR count). The average molecular weight is 429 g/mol. The second-order valence-corrected chi connectivity index (χ2v) is 6.49. The van der Waals surface area contributed by atoms with Crippen LogP contribution >= 0.6 is 24.8 Å². The Morgan fingerprint density at radius 1 is 0.483 bits per heavy atom. The smallest absolute Gasteiger partial charge is 0.0470 e. The highest BCUT2D eigenvalue weighted by atomic mass is 35.5. The third-order valence-electron chi connectivity index (χ3n) is 4.53. The molecular formula is C24H26Cl2N2O. The first-order valence-corrected chi connectivity index (χ1v) is 8.93. The largest absolute Gasteiger partial charge is 0.412 e. The topological polar surface area (TPSA) is 38.0 Å². The third-order valence-corrected chi connectivity index (χ3v) is 4.53. The molecule has 152 valence electrons. The molecule has 2 aliphatic heterocycles. The van der Waals surface area contributed by atoms with Gasteiger partial charge in [0.05, 0.1) is 0 Å². The van der Waals surface area contributed by atoms with Crippen molar-refractivity contribution in [3.63, 3.8) is 0 Å². The van der Waals surface area contributed by atoms with E-state index in [9.17, 15) is 0 Å². The molecule has 0 unspecified atom stereocenters. The van der Waals surface area contributed by atoms with E-state index in [0.29, 0.717) is 0 Å². The Morgan fingerprint density at radius 2 is 0.793 bits per heavy atom. The van der Waals surface area contributed by atoms with Crippen LogP contribution in [-0.2, 0) is 13.1 Å². The maximum Gasteiger partial charge on any atom is 0.0470 e. The van der Waals surface area contributed by atoms with Crippen LogP contribution in [0.1, 0.15) is 11.1 Å². The number of benzene rings is 2. The molecular weight excluding hydrogens is 403 g/mol. The van der Waals surface area contributed by atoms with E-state index in [1.54, 1.807) is 0 Å². The number of halogens is 2. The van der Waals surface area contributed by atoms with Crippen LogP contribution in [0.4, 0.5) is 0 Å². The third kappa shape index (κ3) is 6.68. The van der Waals surface area contributed by atoms with Gasteiger partial charge in [0.15, 0.2) is 0 Å². The van der Waals surface area contributed by atoms with Crippen molar-refractivity contribution in [1.29, 1.82) is 0 Å². The summed E-state index contributed by atoms with van der Waals surface area (Å²) in [6.07, 6.45) is 17.3. The summed E-state index contributed by atoms with van der Waals surface area (Å²) < 4.78 is 0. The van der Waals surface area contributed by atoms with Crippen LogP contribution in [0.5, 0.6) is 0 Å². The number of nitrogens with zero attached hydrogens (tertiary/aromatic N) is 2. The maximum absolute atomic E-state index is 2.21. The number of rotatable bonds is 4. The van der Waals surface area contributed by atoms with Crippen LogP contribution in [0, 0.1) is 0 Å². The molecule has 5 heteroatoms. The number of hydrogen-bond acceptors (Lipinski definition) is 2. The molecule has 2 aliphatic rings. The first-order chi connectivity index (χ1) is 12.9. The molecule has 0 saturated heterocycles. The molecule has 0 atom stereocenters. The SMILES string of the molecule is C1=CN(Cc2ccccc2)C=CC1=C1C=CN(Cc2ccccc2)C=C1.Cl.Cl.O. The molecule has 0 radical (unpaired) electrons. The molecule has 0 fully saturated rings. The van der Waals surface area contributed by atoms with Crippen LogP contribution in [0.25, 0.3) is 0 Å². The fourth-order valence-electron chi connectivity index (χ4n) is 3.10. The van der Waals surface area contributed by atoms with Gasteiger partial charge >= 0.3 is 0 Å². The van der Waals surface area contributed by atoms with E-state index in [4.69, 9.17) is 0 Å². The Labute approximate surface area is 185 Å². The van der Waals surface area contributed by atoms with Crippen molar-refractivity contribution >= 4 is 24.8 Å². The normalized spacial score (nSPS) is 14.2. The van der Waals surface area contributed by atoms with Crippen molar-refractivity contribution in [2.75, 3.05) is 0 Å². The van der Waals surface area contributed by atoms with Gasteiger partial charge in [0.1, 0.15) is 0 Å². The Bertz CT molecular complexity index is 795. The first kappa shape index (κ1) is 24.3. The Hall–Kier alpha value is -2.72. The standard InChI is InChI=1S/C24H22N2.2ClH.H2O/c1-3-7-21(8-4-1)19-25-15-11-23(12-16-25)24-13-17-26(18-14-24)20-22-9-5-2-6-10-22;;;/h1-18H,19-20H2;2*1H;1H2. The second-order valence-electron chi connectivity index (χ2n) is 6.49. The van der Waals surface area contributed by atoms with E-state index in [-0.39, 0.29) is 30.3 Å². The average Bonchev–Trinajstić information content (AvgIpc) is 2.71. The van der Waals surface area contributed by atoms with Crippen LogP contribution < -0.4 is 0 Å². The van der Waals surface area contributed by atoms with Crippen molar-refractivity contribution in [1.82, 2.24) is 9.80 Å². The summed E-state index contributed by atoms with van der Waals surface area (Å²) in [4.78, 5) is 4.41. The first-order valence-electron chi connectivity index (χ1n) is 8.93. The van der Waals surface area contributed by atoms with E-state index < -0.39 is 0 Å². The van der Waals surface area contributed by atoms with E-state index in [1.165, 1.54) is 22.3 Å². The van der Waals surface area contributed by atoms with Crippen molar-refractivity contribution in [2.24, 2.45) is 0 Å². The van der Waals surface area contributed by atoms with Gasteiger partial charge in [0.25, 0.3) is 0 Å². The lowest BCUT2D eigenvalue weighted by atomic mass is 10.0. The van der Waals surface area contributed by atoms with Gasteiger partial charge in [-0.3, -0.25) is 0 Å². The summed E-state index contributed by atoms with van der Waals surface area (Å²) in [5.41, 5.74) is 5.10. The molecule has 0 bridgehead atoms. The zero-order valence-corrected chi connectivity index (χ0v) is 17.7. The van der Waals surface area contributed by atoms with Gasteiger partial charge in [-0.05, 0) is 46.6 Å². The quantitative estimate of drug-likeness (QED) is 0.654. The van der Waals surface area contributed by atoms with E-state index in [1.807, 2.05) is 0 Å². The van der Waals surface area contributed by atoms with Crippen molar-refractivity contribution in [2.45, 2.75) is 13.1 Å². The Kier molecular flexibility index (Phi) is 10.0. The van der Waals surface area contributed by atoms with Crippen LogP contribution in [-0.4, -0.2) is 15.3 Å². The zero-order chi connectivity index (χ0) is 17.6. The molecule has 2 heterocycles. The molecule has 2 aromatic rings. The lowest BCUT2D eigenvalue weighted by Gasteiger charge is -2.22. The van der Waals surface area contributed by atoms with Gasteiger partial charge in [-0.25, -0.2) is 0 Å². The fraction of sp³-hybridized carbons (Fsp3) is 0.0833. The molecule has 3 nitrogen and oxygen atoms in total. The molecule has 0 amide bonds. The lowest BCUT2D eigenvalue weighted by Crippen LogP contribution is -2.13. The molecule has 29 heavy (non-hydrogen) atoms. The van der Waals surface area contributed by atoms with Gasteiger partial charge in [-0.2, -0.15) is 0 Å². The monoisotopic (exact) mass is 428 g/mol. The van der Waals surface area contributed by atoms with Crippen LogP contribution in [0.2, 0.25) is 0 Å². The zero-order valence-electron chi connectivity index (χ0n) is 16.0. The summed E-state index contributed by atoms with van der Waals surface area (Å²) >= 11 is 0. The fourth-order valence-corrected chi connectivity index (χ4v) is 3.10. The summed E-state index contributed by atoms with van der Waals surface area (Å²) in [6, 6.07) is 21.1. The van der Waals surface area contributed by atoms with E-state index in [0.717, 1.165) is 13.1 Å². The molecule has 0 aromatic heterocycles. The highest BCUT2D eigenvalue weighted by Crippen LogP contribution is 2.21. The summed E-state index contributed by atoms with van der Waals surface area (Å²) in [6.45, 7) is 1.79. The van der Waals surface area contributed by atoms with Crippen LogP contribution in [0.3, 0.4) is 0 Å². The second kappa shape index (κ2) is 12.0. The minimum atomic E-state index is 0. The van der Waals surface area contributed by atoms with Crippen molar-refractivity contribution in [3.8, 4) is 0 Å².